The molecule has 7 nitrogen and oxygen atoms in total. The number of amides is 3. The van der Waals surface area contributed by atoms with E-state index in [9.17, 15) is 19.2 Å². The number of aryl methyl sites for hydroxylation is 3. The number of rotatable bonds is 5. The van der Waals surface area contributed by atoms with E-state index in [-0.39, 0.29) is 5.78 Å². The number of thiophene rings is 1. The van der Waals surface area contributed by atoms with Gasteiger partial charge in [-0.2, -0.15) is 0 Å². The predicted octanol–water partition coefficient (Wildman–Crippen LogP) is 2.87. The number of benzene rings is 1. The molecule has 2 aromatic rings. The third-order valence-electron chi connectivity index (χ3n) is 5.64. The summed E-state index contributed by atoms with van der Waals surface area (Å²) in [5.41, 5.74) is 1.20. The third kappa shape index (κ3) is 3.41. The molecule has 30 heavy (non-hydrogen) atoms. The number of esters is 1. The monoisotopic (exact) mass is 426 g/mol. The number of hydrogen-bond acceptors (Lipinski definition) is 6. The van der Waals surface area contributed by atoms with Crippen LogP contribution in [0.2, 0.25) is 0 Å². The van der Waals surface area contributed by atoms with Crippen molar-refractivity contribution < 1.29 is 23.9 Å². The normalized spacial score (nSPS) is 20.3. The fourth-order valence-corrected chi connectivity index (χ4v) is 5.20. The number of nitrogens with zero attached hydrogens (tertiary/aromatic N) is 1. The van der Waals surface area contributed by atoms with Crippen molar-refractivity contribution in [2.24, 2.45) is 0 Å². The van der Waals surface area contributed by atoms with Gasteiger partial charge < -0.3 is 10.1 Å². The molecule has 0 saturated carbocycles. The number of carbonyl (C=O) groups is 4. The third-order valence-corrected chi connectivity index (χ3v) is 6.61. The highest BCUT2D eigenvalue weighted by Crippen LogP contribution is 2.39. The van der Waals surface area contributed by atoms with E-state index in [1.165, 1.54) is 11.3 Å². The number of imide groups is 1. The van der Waals surface area contributed by atoms with Crippen molar-refractivity contribution in [3.05, 3.63) is 56.8 Å². The minimum absolute atomic E-state index is 0.305. The first-order valence-electron chi connectivity index (χ1n) is 9.80. The second kappa shape index (κ2) is 7.68. The van der Waals surface area contributed by atoms with Gasteiger partial charge in [-0.15, -0.1) is 11.3 Å². The number of ether oxygens (including phenoxy) is 1. The average Bonchev–Trinajstić information content (AvgIpc) is 3.18. The molecular formula is C22H22N2O5S. The average molecular weight is 426 g/mol. The predicted molar refractivity (Wildman–Crippen MR) is 110 cm³/mol. The number of fused-ring (bicyclic) bond motifs is 2. The van der Waals surface area contributed by atoms with Crippen LogP contribution in [0.1, 0.15) is 44.1 Å². The van der Waals surface area contributed by atoms with Crippen molar-refractivity contribution in [3.8, 4) is 0 Å². The summed E-state index contributed by atoms with van der Waals surface area (Å²) in [5, 5.41) is 2.80. The van der Waals surface area contributed by atoms with Gasteiger partial charge in [0.25, 0.3) is 5.91 Å². The Kier molecular flexibility index (Phi) is 5.19. The number of urea groups is 1. The highest BCUT2D eigenvalue weighted by Gasteiger charge is 2.54. The molecule has 8 heteroatoms. The zero-order valence-corrected chi connectivity index (χ0v) is 17.6. The summed E-state index contributed by atoms with van der Waals surface area (Å²) in [6, 6.07) is 8.68. The molecule has 1 aliphatic heterocycles. The first kappa shape index (κ1) is 20.3. The summed E-state index contributed by atoms with van der Waals surface area (Å²) in [4.78, 5) is 53.0. The maximum atomic E-state index is 13.2. The summed E-state index contributed by atoms with van der Waals surface area (Å²) in [6.07, 6.45) is 2.08. The maximum absolute atomic E-state index is 13.2. The minimum Gasteiger partial charge on any atom is -0.456 e. The molecule has 1 aromatic heterocycles. The zero-order chi connectivity index (χ0) is 21.5. The number of carbonyl (C=O) groups excluding carboxylic acids is 4. The van der Waals surface area contributed by atoms with E-state index in [1.54, 1.807) is 6.07 Å². The fraction of sp³-hybridized carbons (Fsp3) is 0.364. The minimum atomic E-state index is -1.13. The largest absolute Gasteiger partial charge is 0.456 e. The Morgan fingerprint density at radius 3 is 2.73 bits per heavy atom. The number of hydrogen-bond donors (Lipinski definition) is 1. The Morgan fingerprint density at radius 1 is 1.23 bits per heavy atom. The summed E-state index contributed by atoms with van der Waals surface area (Å²) in [5.74, 6) is -1.55. The molecule has 0 unspecified atom stereocenters. The summed E-state index contributed by atoms with van der Waals surface area (Å²) in [7, 11) is 0. The van der Waals surface area contributed by atoms with Crippen LogP contribution in [0.3, 0.4) is 0 Å². The van der Waals surface area contributed by atoms with E-state index in [0.29, 0.717) is 12.0 Å². The first-order chi connectivity index (χ1) is 14.3. The SMILES string of the molecule is Cc1cc(C(=O)COC(=O)CN2C(=O)N[C@]3(CCCc4ccccc43)C2=O)c(C)s1. The zero-order valence-electron chi connectivity index (χ0n) is 16.8. The van der Waals surface area contributed by atoms with Crippen molar-refractivity contribution in [2.75, 3.05) is 13.2 Å². The molecule has 0 bridgehead atoms. The second-order valence-corrected chi connectivity index (χ2v) is 9.11. The highest BCUT2D eigenvalue weighted by molar-refractivity contribution is 7.12. The number of Topliss-reactive ketones (excluding diaryl/α,β-unsaturated/α-hetero) is 1. The van der Waals surface area contributed by atoms with E-state index in [0.717, 1.165) is 38.6 Å². The molecule has 156 valence electrons. The standard InChI is InChI=1S/C22H22N2O5S/c1-13-10-16(14(2)30-13)18(25)12-29-19(26)11-24-20(27)22(23-21(24)28)9-5-7-15-6-3-4-8-17(15)22/h3-4,6,8,10H,5,7,9,11-12H2,1-2H3,(H,23,28)/t22-/m0/s1. The first-order valence-corrected chi connectivity index (χ1v) is 10.6. The molecule has 0 radical (unpaired) electrons. The fourth-order valence-electron chi connectivity index (χ4n) is 4.26. The van der Waals surface area contributed by atoms with Gasteiger partial charge in [0.05, 0.1) is 0 Å². The van der Waals surface area contributed by atoms with Crippen LogP contribution in [0.25, 0.3) is 0 Å². The van der Waals surface area contributed by atoms with E-state index in [1.807, 2.05) is 38.1 Å². The van der Waals surface area contributed by atoms with Crippen LogP contribution >= 0.6 is 11.3 Å². The molecule has 4 rings (SSSR count). The van der Waals surface area contributed by atoms with Gasteiger partial charge >= 0.3 is 12.0 Å². The topological polar surface area (TPSA) is 92.8 Å². The van der Waals surface area contributed by atoms with Gasteiger partial charge in [-0.25, -0.2) is 4.79 Å². The van der Waals surface area contributed by atoms with Gasteiger partial charge in [0.15, 0.2) is 6.61 Å². The van der Waals surface area contributed by atoms with E-state index < -0.39 is 36.6 Å². The van der Waals surface area contributed by atoms with Crippen molar-refractivity contribution in [3.63, 3.8) is 0 Å². The van der Waals surface area contributed by atoms with Crippen molar-refractivity contribution in [2.45, 2.75) is 38.6 Å². The van der Waals surface area contributed by atoms with Gasteiger partial charge in [-0.3, -0.25) is 19.3 Å². The lowest BCUT2D eigenvalue weighted by molar-refractivity contribution is -0.147. The van der Waals surface area contributed by atoms with E-state index in [4.69, 9.17) is 4.74 Å². The van der Waals surface area contributed by atoms with Gasteiger partial charge in [0.2, 0.25) is 5.78 Å². The van der Waals surface area contributed by atoms with Gasteiger partial charge in [0, 0.05) is 15.3 Å². The lowest BCUT2D eigenvalue weighted by Gasteiger charge is -2.33. The summed E-state index contributed by atoms with van der Waals surface area (Å²) < 4.78 is 5.07. The van der Waals surface area contributed by atoms with Crippen LogP contribution in [0.5, 0.6) is 0 Å². The van der Waals surface area contributed by atoms with Crippen LogP contribution in [0.4, 0.5) is 4.79 Å². The molecule has 1 atom stereocenters. The molecule has 1 aromatic carbocycles. The highest BCUT2D eigenvalue weighted by atomic mass is 32.1. The molecule has 1 aliphatic carbocycles. The molecule has 2 aliphatic rings. The number of ketones is 1. The molecule has 3 amide bonds. The Balaban J connectivity index is 1.44. The number of nitrogens with one attached hydrogen (secondary N) is 1. The lowest BCUT2D eigenvalue weighted by Crippen LogP contribution is -2.46. The van der Waals surface area contributed by atoms with Crippen LogP contribution in [-0.4, -0.2) is 41.7 Å². The second-order valence-electron chi connectivity index (χ2n) is 7.65. The maximum Gasteiger partial charge on any atom is 0.326 e. The molecular weight excluding hydrogens is 404 g/mol. The van der Waals surface area contributed by atoms with Crippen LogP contribution in [0, 0.1) is 13.8 Å². The Hall–Kier alpha value is -3.00. The molecule has 1 saturated heterocycles. The van der Waals surface area contributed by atoms with Crippen LogP contribution in [0.15, 0.2) is 30.3 Å². The lowest BCUT2D eigenvalue weighted by atomic mass is 9.76. The van der Waals surface area contributed by atoms with Crippen molar-refractivity contribution >= 4 is 35.0 Å². The molecule has 1 spiro atoms. The van der Waals surface area contributed by atoms with E-state index in [2.05, 4.69) is 5.32 Å². The summed E-state index contributed by atoms with van der Waals surface area (Å²) in [6.45, 7) is 2.79. The molecule has 2 heterocycles. The summed E-state index contributed by atoms with van der Waals surface area (Å²) >= 11 is 1.50. The quantitative estimate of drug-likeness (QED) is 0.451. The van der Waals surface area contributed by atoms with Crippen LogP contribution in [-0.2, 0) is 26.3 Å². The Labute approximate surface area is 178 Å². The van der Waals surface area contributed by atoms with E-state index >= 15 is 0 Å². The Bertz CT molecular complexity index is 1060. The van der Waals surface area contributed by atoms with Crippen molar-refractivity contribution in [1.82, 2.24) is 10.2 Å². The Morgan fingerprint density at radius 2 is 2.00 bits per heavy atom. The van der Waals surface area contributed by atoms with Crippen molar-refractivity contribution in [1.29, 1.82) is 0 Å². The smallest absolute Gasteiger partial charge is 0.326 e. The van der Waals surface area contributed by atoms with Gasteiger partial charge in [0.1, 0.15) is 12.1 Å². The van der Waals surface area contributed by atoms with Gasteiger partial charge in [-0.1, -0.05) is 24.3 Å². The molecule has 1 N–H and O–H groups in total. The van der Waals surface area contributed by atoms with Gasteiger partial charge in [-0.05, 0) is 50.3 Å². The molecule has 1 fully saturated rings. The van der Waals surface area contributed by atoms with Crippen LogP contribution < -0.4 is 5.32 Å².